The highest BCUT2D eigenvalue weighted by molar-refractivity contribution is 5.97. The van der Waals surface area contributed by atoms with E-state index in [1.54, 1.807) is 6.07 Å². The molecule has 2 aromatic rings. The van der Waals surface area contributed by atoms with Gasteiger partial charge >= 0.3 is 0 Å². The molecule has 1 aliphatic rings. The van der Waals surface area contributed by atoms with Gasteiger partial charge in [0, 0.05) is 35.5 Å². The molecule has 3 nitrogen and oxygen atoms in total. The molecule has 3 heteroatoms. The summed E-state index contributed by atoms with van der Waals surface area (Å²) >= 11 is 0. The molecule has 94 valence electrons. The van der Waals surface area contributed by atoms with Gasteiger partial charge in [0.15, 0.2) is 0 Å². The lowest BCUT2D eigenvalue weighted by Gasteiger charge is -2.13. The lowest BCUT2D eigenvalue weighted by Crippen LogP contribution is -2.14. The second-order valence-electron chi connectivity index (χ2n) is 4.79. The van der Waals surface area contributed by atoms with E-state index in [0.717, 1.165) is 42.6 Å². The first-order chi connectivity index (χ1) is 8.84. The van der Waals surface area contributed by atoms with Crippen molar-refractivity contribution in [2.75, 3.05) is 25.1 Å². The minimum atomic E-state index is 0.334. The van der Waals surface area contributed by atoms with Crippen LogP contribution in [0.3, 0.4) is 0 Å². The molecule has 1 unspecified atom stereocenters. The average Bonchev–Trinajstić information content (AvgIpc) is 2.90. The summed E-state index contributed by atoms with van der Waals surface area (Å²) in [5.74, 6) is 0.929. The predicted octanol–water partition coefficient (Wildman–Crippen LogP) is 2.99. The van der Waals surface area contributed by atoms with E-state index in [-0.39, 0.29) is 0 Å². The van der Waals surface area contributed by atoms with Gasteiger partial charge in [0.1, 0.15) is 5.75 Å². The molecule has 1 heterocycles. The van der Waals surface area contributed by atoms with Crippen LogP contribution < -0.4 is 5.32 Å². The lowest BCUT2D eigenvalue weighted by molar-refractivity contribution is 0.187. The van der Waals surface area contributed by atoms with E-state index >= 15 is 0 Å². The summed E-state index contributed by atoms with van der Waals surface area (Å²) in [6.45, 7) is 2.65. The molecule has 0 saturated carbocycles. The van der Waals surface area contributed by atoms with Crippen LogP contribution in [-0.4, -0.2) is 24.9 Å². The standard InChI is InChI=1S/C15H17NO2/c17-15-6-2-3-12-13(15)4-1-5-14(12)16-9-11-7-8-18-10-11/h1-6,11,16-17H,7-10H2. The van der Waals surface area contributed by atoms with E-state index < -0.39 is 0 Å². The van der Waals surface area contributed by atoms with Crippen molar-refractivity contribution >= 4 is 16.5 Å². The van der Waals surface area contributed by atoms with Crippen LogP contribution in [0.2, 0.25) is 0 Å². The highest BCUT2D eigenvalue weighted by Crippen LogP contribution is 2.30. The summed E-state index contributed by atoms with van der Waals surface area (Å²) < 4.78 is 5.37. The van der Waals surface area contributed by atoms with Gasteiger partial charge in [-0.25, -0.2) is 0 Å². The number of phenolic OH excluding ortho intramolecular Hbond substituents is 1. The van der Waals surface area contributed by atoms with E-state index in [1.165, 1.54) is 0 Å². The van der Waals surface area contributed by atoms with Gasteiger partial charge in [-0.15, -0.1) is 0 Å². The first-order valence-corrected chi connectivity index (χ1v) is 6.37. The van der Waals surface area contributed by atoms with Crippen molar-refractivity contribution in [1.29, 1.82) is 0 Å². The van der Waals surface area contributed by atoms with Gasteiger partial charge < -0.3 is 15.2 Å². The molecule has 0 amide bonds. The zero-order valence-electron chi connectivity index (χ0n) is 10.2. The van der Waals surface area contributed by atoms with Crippen LogP contribution in [0.5, 0.6) is 5.75 Å². The minimum absolute atomic E-state index is 0.334. The Kier molecular flexibility index (Phi) is 3.07. The van der Waals surface area contributed by atoms with Crippen LogP contribution in [0.4, 0.5) is 5.69 Å². The molecule has 1 fully saturated rings. The number of ether oxygens (including phenoxy) is 1. The van der Waals surface area contributed by atoms with Gasteiger partial charge in [0.05, 0.1) is 6.61 Å². The maximum absolute atomic E-state index is 9.83. The largest absolute Gasteiger partial charge is 0.507 e. The number of benzene rings is 2. The van der Waals surface area contributed by atoms with Crippen molar-refractivity contribution in [3.05, 3.63) is 36.4 Å². The summed E-state index contributed by atoms with van der Waals surface area (Å²) in [4.78, 5) is 0. The number of hydrogen-bond acceptors (Lipinski definition) is 3. The van der Waals surface area contributed by atoms with E-state index in [1.807, 2.05) is 24.3 Å². The number of rotatable bonds is 3. The number of nitrogens with one attached hydrogen (secondary N) is 1. The number of phenols is 1. The first kappa shape index (κ1) is 11.4. The molecule has 0 spiro atoms. The van der Waals surface area contributed by atoms with E-state index in [2.05, 4.69) is 11.4 Å². The van der Waals surface area contributed by atoms with Crippen LogP contribution >= 0.6 is 0 Å². The maximum Gasteiger partial charge on any atom is 0.123 e. The second kappa shape index (κ2) is 4.86. The Morgan fingerprint density at radius 3 is 2.83 bits per heavy atom. The van der Waals surface area contributed by atoms with Crippen molar-refractivity contribution in [1.82, 2.24) is 0 Å². The molecule has 2 N–H and O–H groups in total. The molecule has 2 aromatic carbocycles. The van der Waals surface area contributed by atoms with Gasteiger partial charge in [-0.3, -0.25) is 0 Å². The molecule has 0 aliphatic carbocycles. The zero-order chi connectivity index (χ0) is 12.4. The van der Waals surface area contributed by atoms with Crippen molar-refractivity contribution in [3.8, 4) is 5.75 Å². The van der Waals surface area contributed by atoms with Crippen molar-refractivity contribution < 1.29 is 9.84 Å². The Bertz CT molecular complexity index is 547. The Balaban J connectivity index is 1.85. The normalized spacial score (nSPS) is 19.2. The quantitative estimate of drug-likeness (QED) is 0.870. The van der Waals surface area contributed by atoms with Gasteiger partial charge in [-0.2, -0.15) is 0 Å². The Morgan fingerprint density at radius 2 is 2.00 bits per heavy atom. The zero-order valence-corrected chi connectivity index (χ0v) is 10.2. The molecule has 1 atom stereocenters. The Labute approximate surface area is 106 Å². The molecule has 0 aromatic heterocycles. The summed E-state index contributed by atoms with van der Waals surface area (Å²) in [6.07, 6.45) is 1.13. The number of fused-ring (bicyclic) bond motifs is 1. The predicted molar refractivity (Wildman–Crippen MR) is 73.0 cm³/mol. The maximum atomic E-state index is 9.83. The fraction of sp³-hybridized carbons (Fsp3) is 0.333. The Hall–Kier alpha value is -1.74. The fourth-order valence-electron chi connectivity index (χ4n) is 2.45. The molecule has 1 aliphatic heterocycles. The molecular formula is C15H17NO2. The van der Waals surface area contributed by atoms with Crippen LogP contribution in [0, 0.1) is 5.92 Å². The number of hydrogen-bond donors (Lipinski definition) is 2. The number of anilines is 1. The summed E-state index contributed by atoms with van der Waals surface area (Å²) in [5, 5.41) is 15.3. The molecule has 0 bridgehead atoms. The van der Waals surface area contributed by atoms with Crippen molar-refractivity contribution in [2.24, 2.45) is 5.92 Å². The van der Waals surface area contributed by atoms with Crippen LogP contribution in [0.15, 0.2) is 36.4 Å². The highest BCUT2D eigenvalue weighted by atomic mass is 16.5. The summed E-state index contributed by atoms with van der Waals surface area (Å²) in [6, 6.07) is 11.6. The molecule has 18 heavy (non-hydrogen) atoms. The second-order valence-corrected chi connectivity index (χ2v) is 4.79. The van der Waals surface area contributed by atoms with Crippen LogP contribution in [-0.2, 0) is 4.74 Å². The third-order valence-electron chi connectivity index (χ3n) is 3.50. The molecular weight excluding hydrogens is 226 g/mol. The van der Waals surface area contributed by atoms with Gasteiger partial charge in [0.25, 0.3) is 0 Å². The topological polar surface area (TPSA) is 41.5 Å². The minimum Gasteiger partial charge on any atom is -0.507 e. The van der Waals surface area contributed by atoms with Gasteiger partial charge in [-0.05, 0) is 18.6 Å². The molecule has 0 radical (unpaired) electrons. The fourth-order valence-corrected chi connectivity index (χ4v) is 2.45. The Morgan fingerprint density at radius 1 is 1.17 bits per heavy atom. The van der Waals surface area contributed by atoms with Gasteiger partial charge in [0.2, 0.25) is 0 Å². The van der Waals surface area contributed by atoms with E-state index in [4.69, 9.17) is 4.74 Å². The summed E-state index contributed by atoms with van der Waals surface area (Å²) in [7, 11) is 0. The lowest BCUT2D eigenvalue weighted by atomic mass is 10.1. The van der Waals surface area contributed by atoms with E-state index in [0.29, 0.717) is 11.7 Å². The van der Waals surface area contributed by atoms with E-state index in [9.17, 15) is 5.11 Å². The molecule has 1 saturated heterocycles. The third kappa shape index (κ3) is 2.14. The average molecular weight is 243 g/mol. The van der Waals surface area contributed by atoms with Crippen LogP contribution in [0.1, 0.15) is 6.42 Å². The third-order valence-corrected chi connectivity index (χ3v) is 3.50. The SMILES string of the molecule is Oc1cccc2c(NCC3CCOC3)cccc12. The van der Waals surface area contributed by atoms with Crippen molar-refractivity contribution in [3.63, 3.8) is 0 Å². The summed E-state index contributed by atoms with van der Waals surface area (Å²) in [5.41, 5.74) is 1.08. The number of aromatic hydroxyl groups is 1. The first-order valence-electron chi connectivity index (χ1n) is 6.37. The smallest absolute Gasteiger partial charge is 0.123 e. The van der Waals surface area contributed by atoms with Crippen LogP contribution in [0.25, 0.3) is 10.8 Å². The highest BCUT2D eigenvalue weighted by Gasteiger charge is 2.15. The monoisotopic (exact) mass is 243 g/mol. The van der Waals surface area contributed by atoms with Crippen molar-refractivity contribution in [2.45, 2.75) is 6.42 Å². The molecule has 3 rings (SSSR count). The van der Waals surface area contributed by atoms with Gasteiger partial charge in [-0.1, -0.05) is 24.3 Å².